The van der Waals surface area contributed by atoms with Crippen molar-refractivity contribution in [2.75, 3.05) is 26.1 Å². The van der Waals surface area contributed by atoms with E-state index >= 15 is 0 Å². The Hall–Kier alpha value is -5.07. The maximum atomic E-state index is 14.1. The number of carbonyl (C=O) groups excluding carboxylic acids is 1. The van der Waals surface area contributed by atoms with E-state index in [1.54, 1.807) is 48.9 Å². The van der Waals surface area contributed by atoms with Gasteiger partial charge < -0.3 is 19.5 Å². The summed E-state index contributed by atoms with van der Waals surface area (Å²) in [6.45, 7) is 1.81. The molecule has 206 valence electrons. The van der Waals surface area contributed by atoms with Crippen molar-refractivity contribution >= 4 is 29.0 Å². The highest BCUT2D eigenvalue weighted by atomic mass is 32.1. The molecule has 1 aliphatic heterocycles. The van der Waals surface area contributed by atoms with Gasteiger partial charge in [0, 0.05) is 11.3 Å². The number of ether oxygens (including phenoxy) is 3. The van der Waals surface area contributed by atoms with Gasteiger partial charge in [-0.15, -0.1) is 6.42 Å². The van der Waals surface area contributed by atoms with Crippen molar-refractivity contribution in [3.05, 3.63) is 115 Å². The number of fused-ring (bicyclic) bond motifs is 1. The highest BCUT2D eigenvalue weighted by molar-refractivity contribution is 7.07. The van der Waals surface area contributed by atoms with Crippen molar-refractivity contribution in [1.29, 1.82) is 0 Å². The molecule has 2 heterocycles. The Kier molecular flexibility index (Phi) is 8.04. The number of carbonyl (C=O) groups is 1. The summed E-state index contributed by atoms with van der Waals surface area (Å²) < 4.78 is 18.7. The third-order valence-electron chi connectivity index (χ3n) is 6.52. The molecule has 0 radical (unpaired) electrons. The van der Waals surface area contributed by atoms with Crippen LogP contribution in [0.1, 0.15) is 24.1 Å². The Balaban J connectivity index is 1.69. The van der Waals surface area contributed by atoms with Gasteiger partial charge in [-0.1, -0.05) is 59.7 Å². The van der Waals surface area contributed by atoms with Crippen molar-refractivity contribution in [2.24, 2.45) is 4.99 Å². The third-order valence-corrected chi connectivity index (χ3v) is 7.51. The second kappa shape index (κ2) is 12.0. The molecular formula is C32H27N3O5S. The molecule has 1 atom stereocenters. The van der Waals surface area contributed by atoms with Crippen LogP contribution < -0.4 is 34.4 Å². The van der Waals surface area contributed by atoms with Crippen molar-refractivity contribution in [1.82, 2.24) is 4.57 Å². The molecular weight excluding hydrogens is 538 g/mol. The lowest BCUT2D eigenvalue weighted by atomic mass is 9.95. The minimum Gasteiger partial charge on any atom is -0.497 e. The number of allylic oxidation sites excluding steroid dienone is 1. The number of methoxy groups -OCH3 is 2. The molecule has 0 saturated carbocycles. The predicted molar refractivity (Wildman–Crippen MR) is 159 cm³/mol. The number of para-hydroxylation sites is 2. The zero-order valence-corrected chi connectivity index (χ0v) is 23.5. The molecule has 0 spiro atoms. The summed E-state index contributed by atoms with van der Waals surface area (Å²) in [7, 11) is 3.11. The zero-order valence-electron chi connectivity index (χ0n) is 22.7. The molecule has 1 amide bonds. The number of rotatable bonds is 8. The van der Waals surface area contributed by atoms with Crippen molar-refractivity contribution in [3.63, 3.8) is 0 Å². The first-order valence-electron chi connectivity index (χ1n) is 12.7. The molecule has 0 aliphatic carbocycles. The van der Waals surface area contributed by atoms with Gasteiger partial charge in [0.1, 0.15) is 12.4 Å². The van der Waals surface area contributed by atoms with Gasteiger partial charge in [-0.2, -0.15) is 0 Å². The van der Waals surface area contributed by atoms with Crippen LogP contribution in [0, 0.1) is 12.3 Å². The molecule has 0 saturated heterocycles. The molecule has 3 aromatic carbocycles. The Labute approximate surface area is 240 Å². The molecule has 0 bridgehead atoms. The minimum atomic E-state index is -0.741. The number of nitrogens with zero attached hydrogens (tertiary/aromatic N) is 2. The molecule has 5 rings (SSSR count). The van der Waals surface area contributed by atoms with E-state index in [0.717, 1.165) is 0 Å². The topological polar surface area (TPSA) is 91.2 Å². The van der Waals surface area contributed by atoms with Gasteiger partial charge in [0.05, 0.1) is 36.1 Å². The fourth-order valence-corrected chi connectivity index (χ4v) is 5.71. The number of hydrogen-bond donors (Lipinski definition) is 1. The van der Waals surface area contributed by atoms with Gasteiger partial charge in [-0.25, -0.2) is 4.99 Å². The first-order chi connectivity index (χ1) is 19.9. The number of anilines is 1. The van der Waals surface area contributed by atoms with Gasteiger partial charge in [-0.3, -0.25) is 14.2 Å². The number of benzene rings is 3. The number of amides is 1. The largest absolute Gasteiger partial charge is 0.497 e. The molecule has 9 heteroatoms. The number of terminal acetylenes is 1. The van der Waals surface area contributed by atoms with E-state index in [1.165, 1.54) is 18.4 Å². The standard InChI is InChI=1S/C32H27N3O5S/c1-5-17-40-29-22(12-10-16-25(29)39-4)19-26-31(37)35-28(21-11-9-15-24(18-21)38-3)27(20(2)33-32(35)41-26)30(36)34-23-13-7-6-8-14-23/h1,6-16,18-19,28H,17H2,2-4H3,(H,34,36)/b26-19-/t28-/m1/s1. The first-order valence-corrected chi connectivity index (χ1v) is 13.5. The summed E-state index contributed by atoms with van der Waals surface area (Å²) in [5.74, 6) is 3.64. The fraction of sp³-hybridized carbons (Fsp3) is 0.156. The predicted octanol–water partition coefficient (Wildman–Crippen LogP) is 3.90. The van der Waals surface area contributed by atoms with Gasteiger partial charge in [0.2, 0.25) is 0 Å². The van der Waals surface area contributed by atoms with E-state index in [9.17, 15) is 9.59 Å². The van der Waals surface area contributed by atoms with E-state index in [1.807, 2.05) is 48.5 Å². The smallest absolute Gasteiger partial charge is 0.271 e. The van der Waals surface area contributed by atoms with Crippen LogP contribution in [0.25, 0.3) is 6.08 Å². The SMILES string of the molecule is C#CCOc1c(/C=c2\sc3n(c2=O)[C@H](c2cccc(OC)c2)C(C(=O)Nc2ccccc2)=C(C)N=3)cccc1OC. The van der Waals surface area contributed by atoms with Gasteiger partial charge in [0.25, 0.3) is 11.5 Å². The average molecular weight is 566 g/mol. The van der Waals surface area contributed by atoms with E-state index in [2.05, 4.69) is 11.2 Å². The fourth-order valence-electron chi connectivity index (χ4n) is 4.68. The Bertz CT molecular complexity index is 1870. The first kappa shape index (κ1) is 27.5. The van der Waals surface area contributed by atoms with Crippen LogP contribution in [-0.2, 0) is 4.79 Å². The summed E-state index contributed by atoms with van der Waals surface area (Å²) in [5, 5.41) is 2.95. The van der Waals surface area contributed by atoms with E-state index in [4.69, 9.17) is 25.6 Å². The Morgan fingerprint density at radius 3 is 2.61 bits per heavy atom. The van der Waals surface area contributed by atoms with Gasteiger partial charge >= 0.3 is 0 Å². The molecule has 1 N–H and O–H groups in total. The maximum Gasteiger partial charge on any atom is 0.271 e. The Morgan fingerprint density at radius 1 is 1.10 bits per heavy atom. The molecule has 0 unspecified atom stereocenters. The van der Waals surface area contributed by atoms with E-state index in [-0.39, 0.29) is 18.1 Å². The van der Waals surface area contributed by atoms with Crippen molar-refractivity contribution in [2.45, 2.75) is 13.0 Å². The molecule has 1 aromatic heterocycles. The van der Waals surface area contributed by atoms with Crippen LogP contribution in [0.3, 0.4) is 0 Å². The lowest BCUT2D eigenvalue weighted by molar-refractivity contribution is -0.113. The van der Waals surface area contributed by atoms with E-state index < -0.39 is 6.04 Å². The lowest BCUT2D eigenvalue weighted by Crippen LogP contribution is -2.40. The summed E-state index contributed by atoms with van der Waals surface area (Å²) in [6.07, 6.45) is 7.14. The van der Waals surface area contributed by atoms with Gasteiger partial charge in [0.15, 0.2) is 16.3 Å². The molecule has 0 fully saturated rings. The normalized spacial score (nSPS) is 14.5. The number of nitrogens with one attached hydrogen (secondary N) is 1. The summed E-state index contributed by atoms with van der Waals surface area (Å²) in [5.41, 5.74) is 2.55. The number of thiazole rings is 1. The summed E-state index contributed by atoms with van der Waals surface area (Å²) >= 11 is 1.23. The van der Waals surface area contributed by atoms with Crippen LogP contribution in [0.15, 0.2) is 93.9 Å². The second-order valence-corrected chi connectivity index (χ2v) is 10.1. The third kappa shape index (κ3) is 5.51. The second-order valence-electron chi connectivity index (χ2n) is 9.05. The summed E-state index contributed by atoms with van der Waals surface area (Å²) in [6, 6.07) is 21.1. The van der Waals surface area contributed by atoms with Crippen LogP contribution in [0.5, 0.6) is 17.2 Å². The molecule has 8 nitrogen and oxygen atoms in total. The quantitative estimate of drug-likeness (QED) is 0.327. The number of aromatic nitrogens is 1. The van der Waals surface area contributed by atoms with Crippen molar-refractivity contribution < 1.29 is 19.0 Å². The minimum absolute atomic E-state index is 0.0391. The lowest BCUT2D eigenvalue weighted by Gasteiger charge is -2.25. The number of hydrogen-bond acceptors (Lipinski definition) is 7. The van der Waals surface area contributed by atoms with Crippen LogP contribution in [0.4, 0.5) is 5.69 Å². The van der Waals surface area contributed by atoms with Gasteiger partial charge in [-0.05, 0) is 48.9 Å². The summed E-state index contributed by atoms with van der Waals surface area (Å²) in [4.78, 5) is 33.0. The van der Waals surface area contributed by atoms with Crippen LogP contribution in [-0.4, -0.2) is 31.3 Å². The molecule has 1 aliphatic rings. The molecule has 41 heavy (non-hydrogen) atoms. The van der Waals surface area contributed by atoms with Crippen molar-refractivity contribution in [3.8, 4) is 29.6 Å². The van der Waals surface area contributed by atoms with Crippen LogP contribution in [0.2, 0.25) is 0 Å². The molecule has 4 aromatic rings. The Morgan fingerprint density at radius 2 is 1.88 bits per heavy atom. The highest BCUT2D eigenvalue weighted by Crippen LogP contribution is 2.33. The maximum absolute atomic E-state index is 14.1. The van der Waals surface area contributed by atoms with Crippen LogP contribution >= 0.6 is 11.3 Å². The average Bonchev–Trinajstić information content (AvgIpc) is 3.29. The monoisotopic (exact) mass is 565 g/mol. The van der Waals surface area contributed by atoms with E-state index in [0.29, 0.717) is 54.7 Å². The zero-order chi connectivity index (χ0) is 28.9. The highest BCUT2D eigenvalue weighted by Gasteiger charge is 2.33.